The summed E-state index contributed by atoms with van der Waals surface area (Å²) >= 11 is 6.06. The summed E-state index contributed by atoms with van der Waals surface area (Å²) in [6, 6.07) is 14.6. The van der Waals surface area contributed by atoms with E-state index in [1.54, 1.807) is 25.1 Å². The van der Waals surface area contributed by atoms with Crippen LogP contribution in [0.2, 0.25) is 5.02 Å². The van der Waals surface area contributed by atoms with Crippen LogP contribution in [0.15, 0.2) is 48.5 Å². The highest BCUT2D eigenvalue weighted by Gasteiger charge is 2.27. The number of amides is 1. The second-order valence-corrected chi connectivity index (χ2v) is 6.19. The summed E-state index contributed by atoms with van der Waals surface area (Å²) in [7, 11) is 0. The van der Waals surface area contributed by atoms with Crippen molar-refractivity contribution in [3.8, 4) is 0 Å². The minimum Gasteiger partial charge on any atom is -0.550 e. The quantitative estimate of drug-likeness (QED) is 0.875. The molecule has 5 heteroatoms. The number of carbonyl (C=O) groups excluding carboxylic acids is 2. The Kier molecular flexibility index (Phi) is 5.99. The molecular weight excluding hydrogens is 326 g/mol. The smallest absolute Gasteiger partial charge is 0.228 e. The van der Waals surface area contributed by atoms with Crippen LogP contribution in [0.1, 0.15) is 30.4 Å². The van der Waals surface area contributed by atoms with Gasteiger partial charge in [0.1, 0.15) is 0 Å². The fourth-order valence-electron chi connectivity index (χ4n) is 2.63. The molecule has 24 heavy (non-hydrogen) atoms. The highest BCUT2D eigenvalue weighted by Crippen LogP contribution is 2.29. The van der Waals surface area contributed by atoms with Crippen molar-refractivity contribution in [1.29, 1.82) is 0 Å². The predicted octanol–water partition coefficient (Wildman–Crippen LogP) is 3.15. The molecule has 2 aromatic carbocycles. The Morgan fingerprint density at radius 2 is 1.79 bits per heavy atom. The first-order valence-corrected chi connectivity index (χ1v) is 8.08. The van der Waals surface area contributed by atoms with Gasteiger partial charge < -0.3 is 15.2 Å². The Bertz CT molecular complexity index is 731. The van der Waals surface area contributed by atoms with Crippen molar-refractivity contribution >= 4 is 29.2 Å². The Hall–Kier alpha value is -2.33. The molecule has 1 N–H and O–H groups in total. The summed E-state index contributed by atoms with van der Waals surface area (Å²) in [5.74, 6) is -2.61. The van der Waals surface area contributed by atoms with E-state index in [1.165, 1.54) is 0 Å². The summed E-state index contributed by atoms with van der Waals surface area (Å²) in [6.45, 7) is 3.64. The molecule has 0 radical (unpaired) electrons. The van der Waals surface area contributed by atoms with Gasteiger partial charge in [-0.3, -0.25) is 4.79 Å². The van der Waals surface area contributed by atoms with Crippen LogP contribution in [0, 0.1) is 12.8 Å². The van der Waals surface area contributed by atoms with Crippen LogP contribution in [-0.2, 0) is 9.59 Å². The van der Waals surface area contributed by atoms with E-state index in [0.29, 0.717) is 10.7 Å². The number of carboxylic acids is 1. The van der Waals surface area contributed by atoms with Gasteiger partial charge in [0.2, 0.25) is 5.91 Å². The summed E-state index contributed by atoms with van der Waals surface area (Å²) in [4.78, 5) is 23.8. The largest absolute Gasteiger partial charge is 0.550 e. The zero-order chi connectivity index (χ0) is 17.7. The fraction of sp³-hybridized carbons (Fsp3) is 0.263. The molecule has 2 rings (SSSR count). The number of rotatable bonds is 6. The molecule has 0 unspecified atom stereocenters. The average Bonchev–Trinajstić information content (AvgIpc) is 2.56. The van der Waals surface area contributed by atoms with Gasteiger partial charge in [-0.1, -0.05) is 54.9 Å². The number of anilines is 1. The van der Waals surface area contributed by atoms with Gasteiger partial charge in [0, 0.05) is 16.7 Å². The zero-order valence-electron chi connectivity index (χ0n) is 13.6. The number of carboxylic acid groups (broad SMARTS) is 1. The van der Waals surface area contributed by atoms with Crippen LogP contribution in [0.5, 0.6) is 0 Å². The Morgan fingerprint density at radius 3 is 2.42 bits per heavy atom. The van der Waals surface area contributed by atoms with Gasteiger partial charge >= 0.3 is 0 Å². The Morgan fingerprint density at radius 1 is 1.12 bits per heavy atom. The molecule has 2 aromatic rings. The van der Waals surface area contributed by atoms with E-state index in [4.69, 9.17) is 11.6 Å². The van der Waals surface area contributed by atoms with Gasteiger partial charge in [-0.25, -0.2) is 0 Å². The number of aliphatic carboxylic acids is 1. The lowest BCUT2D eigenvalue weighted by atomic mass is 9.84. The Labute approximate surface area is 146 Å². The molecule has 126 valence electrons. The van der Waals surface area contributed by atoms with Crippen molar-refractivity contribution in [3.63, 3.8) is 0 Å². The lowest BCUT2D eigenvalue weighted by Crippen LogP contribution is -2.34. The summed E-state index contributed by atoms with van der Waals surface area (Å²) in [6.07, 6.45) is -0.346. The first kappa shape index (κ1) is 18.0. The number of hydrogen-bond acceptors (Lipinski definition) is 3. The van der Waals surface area contributed by atoms with E-state index in [2.05, 4.69) is 5.32 Å². The minimum atomic E-state index is -1.25. The SMILES string of the molecule is Cc1c(Cl)cccc1NC(=O)[C@H](CC(=O)[O-])[C@@H](C)c1ccccc1. The van der Waals surface area contributed by atoms with Gasteiger partial charge in [-0.2, -0.15) is 0 Å². The van der Waals surface area contributed by atoms with E-state index >= 15 is 0 Å². The van der Waals surface area contributed by atoms with Crippen LogP contribution < -0.4 is 10.4 Å². The molecule has 0 aromatic heterocycles. The van der Waals surface area contributed by atoms with Crippen molar-refractivity contribution in [1.82, 2.24) is 0 Å². The van der Waals surface area contributed by atoms with E-state index in [0.717, 1.165) is 11.1 Å². The third-order valence-corrected chi connectivity index (χ3v) is 4.59. The van der Waals surface area contributed by atoms with Gasteiger partial charge in [0.05, 0.1) is 5.92 Å². The molecule has 4 nitrogen and oxygen atoms in total. The van der Waals surface area contributed by atoms with Crippen LogP contribution in [-0.4, -0.2) is 11.9 Å². The third kappa shape index (κ3) is 4.36. The van der Waals surface area contributed by atoms with Crippen molar-refractivity contribution in [3.05, 3.63) is 64.7 Å². The molecule has 0 fully saturated rings. The van der Waals surface area contributed by atoms with Crippen LogP contribution in [0.25, 0.3) is 0 Å². The van der Waals surface area contributed by atoms with Crippen molar-refractivity contribution in [2.45, 2.75) is 26.2 Å². The molecule has 2 atom stereocenters. The maximum atomic E-state index is 12.7. The molecule has 0 spiro atoms. The summed E-state index contributed by atoms with van der Waals surface area (Å²) in [5.41, 5.74) is 2.23. The predicted molar refractivity (Wildman–Crippen MR) is 92.8 cm³/mol. The number of carbonyl (C=O) groups is 2. The lowest BCUT2D eigenvalue weighted by Gasteiger charge is -2.24. The molecule has 0 saturated carbocycles. The first-order valence-electron chi connectivity index (χ1n) is 7.71. The minimum absolute atomic E-state index is 0.261. The molecule has 0 aliphatic rings. The van der Waals surface area contributed by atoms with Crippen molar-refractivity contribution < 1.29 is 14.7 Å². The van der Waals surface area contributed by atoms with E-state index in [9.17, 15) is 14.7 Å². The van der Waals surface area contributed by atoms with Crippen LogP contribution in [0.4, 0.5) is 5.69 Å². The lowest BCUT2D eigenvalue weighted by molar-refractivity contribution is -0.306. The van der Waals surface area contributed by atoms with Gasteiger partial charge in [-0.15, -0.1) is 0 Å². The fourth-order valence-corrected chi connectivity index (χ4v) is 2.81. The maximum absolute atomic E-state index is 12.7. The van der Waals surface area contributed by atoms with Crippen LogP contribution >= 0.6 is 11.6 Å². The molecule has 0 aliphatic carbocycles. The number of nitrogens with one attached hydrogen (secondary N) is 1. The first-order chi connectivity index (χ1) is 11.4. The number of halogens is 1. The third-order valence-electron chi connectivity index (χ3n) is 4.18. The monoisotopic (exact) mass is 344 g/mol. The van der Waals surface area contributed by atoms with E-state index in [1.807, 2.05) is 37.3 Å². The molecule has 0 aliphatic heterocycles. The van der Waals surface area contributed by atoms with Crippen molar-refractivity contribution in [2.75, 3.05) is 5.32 Å². The van der Waals surface area contributed by atoms with E-state index < -0.39 is 11.9 Å². The van der Waals surface area contributed by atoms with Crippen molar-refractivity contribution in [2.24, 2.45) is 5.92 Å². The maximum Gasteiger partial charge on any atom is 0.228 e. The highest BCUT2D eigenvalue weighted by atomic mass is 35.5. The topological polar surface area (TPSA) is 69.2 Å². The van der Waals surface area contributed by atoms with E-state index in [-0.39, 0.29) is 18.2 Å². The molecule has 0 saturated heterocycles. The second kappa shape index (κ2) is 7.97. The standard InChI is InChI=1S/C19H20ClNO3/c1-12(14-7-4-3-5-8-14)15(11-18(22)23)19(24)21-17-10-6-9-16(20)13(17)2/h3-10,12,15H,11H2,1-2H3,(H,21,24)(H,22,23)/p-1/t12-,15+/m0/s1. The molecule has 0 bridgehead atoms. The summed E-state index contributed by atoms with van der Waals surface area (Å²) in [5, 5.41) is 14.4. The van der Waals surface area contributed by atoms with Gasteiger partial charge in [-0.05, 0) is 42.5 Å². The summed E-state index contributed by atoms with van der Waals surface area (Å²) < 4.78 is 0. The second-order valence-electron chi connectivity index (χ2n) is 5.78. The highest BCUT2D eigenvalue weighted by molar-refractivity contribution is 6.31. The average molecular weight is 345 g/mol. The number of benzene rings is 2. The van der Waals surface area contributed by atoms with Gasteiger partial charge in [0.25, 0.3) is 0 Å². The normalized spacial score (nSPS) is 13.1. The number of hydrogen-bond donors (Lipinski definition) is 1. The molecular formula is C19H19ClNO3-. The Balaban J connectivity index is 2.25. The van der Waals surface area contributed by atoms with Crippen LogP contribution in [0.3, 0.4) is 0 Å². The molecule has 0 heterocycles. The molecule has 1 amide bonds. The zero-order valence-corrected chi connectivity index (χ0v) is 14.3. The van der Waals surface area contributed by atoms with Gasteiger partial charge in [0.15, 0.2) is 0 Å².